The molecule has 0 spiro atoms. The molecule has 0 amide bonds. The van der Waals surface area contributed by atoms with Crippen LogP contribution in [0, 0.1) is 5.92 Å². The minimum absolute atomic E-state index is 0.178. The van der Waals surface area contributed by atoms with Gasteiger partial charge in [0.1, 0.15) is 0 Å². The summed E-state index contributed by atoms with van der Waals surface area (Å²) in [5.74, 6) is -0.580. The van der Waals surface area contributed by atoms with Crippen LogP contribution in [-0.4, -0.2) is 42.7 Å². The third kappa shape index (κ3) is 4.44. The number of hydrogen-bond acceptors (Lipinski definition) is 4. The van der Waals surface area contributed by atoms with Crippen molar-refractivity contribution in [3.05, 3.63) is 23.8 Å². The lowest BCUT2D eigenvalue weighted by atomic mass is 10.0. The zero-order chi connectivity index (χ0) is 14.6. The molecule has 5 nitrogen and oxygen atoms in total. The molecule has 1 aromatic carbocycles. The molecule has 106 valence electrons. The number of hydrogen-bond donors (Lipinski definition) is 3. The Hall–Kier alpha value is -1.75. The van der Waals surface area contributed by atoms with Gasteiger partial charge in [-0.3, -0.25) is 0 Å². The van der Waals surface area contributed by atoms with E-state index in [4.69, 9.17) is 5.73 Å². The van der Waals surface area contributed by atoms with E-state index < -0.39 is 5.97 Å². The average molecular weight is 265 g/mol. The SMILES string of the molecule is CC(C)C(CN(C)C)Nc1ccc(N)cc1C(=O)O. The molecule has 5 heteroatoms. The Morgan fingerprint density at radius 3 is 2.53 bits per heavy atom. The van der Waals surface area contributed by atoms with Gasteiger partial charge in [-0.2, -0.15) is 0 Å². The quantitative estimate of drug-likeness (QED) is 0.685. The molecule has 1 rings (SSSR count). The second-order valence-electron chi connectivity index (χ2n) is 5.37. The van der Waals surface area contributed by atoms with E-state index in [1.165, 1.54) is 6.07 Å². The zero-order valence-electron chi connectivity index (χ0n) is 12.0. The monoisotopic (exact) mass is 265 g/mol. The Labute approximate surface area is 114 Å². The number of carboxylic acid groups (broad SMARTS) is 1. The first-order valence-corrected chi connectivity index (χ1v) is 6.35. The predicted octanol–water partition coefficient (Wildman–Crippen LogP) is 1.97. The van der Waals surface area contributed by atoms with Crippen LogP contribution in [0.15, 0.2) is 18.2 Å². The maximum atomic E-state index is 11.2. The number of nitrogens with one attached hydrogen (secondary N) is 1. The second kappa shape index (κ2) is 6.43. The summed E-state index contributed by atoms with van der Waals surface area (Å²) >= 11 is 0. The number of nitrogens with two attached hydrogens (primary N) is 1. The second-order valence-corrected chi connectivity index (χ2v) is 5.37. The fourth-order valence-electron chi connectivity index (χ4n) is 1.88. The molecule has 0 aliphatic heterocycles. The molecule has 0 radical (unpaired) electrons. The summed E-state index contributed by atoms with van der Waals surface area (Å²) in [5.41, 5.74) is 6.92. The number of carboxylic acids is 1. The molecule has 1 unspecified atom stereocenters. The van der Waals surface area contributed by atoms with E-state index in [-0.39, 0.29) is 11.6 Å². The minimum Gasteiger partial charge on any atom is -0.478 e. The van der Waals surface area contributed by atoms with Crippen LogP contribution in [0.3, 0.4) is 0 Å². The van der Waals surface area contributed by atoms with E-state index in [2.05, 4.69) is 24.1 Å². The molecule has 0 fully saturated rings. The van der Waals surface area contributed by atoms with Gasteiger partial charge in [-0.05, 0) is 38.2 Å². The van der Waals surface area contributed by atoms with Gasteiger partial charge < -0.3 is 21.1 Å². The highest BCUT2D eigenvalue weighted by Gasteiger charge is 2.18. The van der Waals surface area contributed by atoms with E-state index in [1.54, 1.807) is 12.1 Å². The third-order valence-electron chi connectivity index (χ3n) is 2.98. The van der Waals surface area contributed by atoms with Crippen LogP contribution in [0.1, 0.15) is 24.2 Å². The van der Waals surface area contributed by atoms with Crippen molar-refractivity contribution in [2.75, 3.05) is 31.7 Å². The molecule has 0 saturated carbocycles. The zero-order valence-corrected chi connectivity index (χ0v) is 12.0. The predicted molar refractivity (Wildman–Crippen MR) is 78.6 cm³/mol. The van der Waals surface area contributed by atoms with E-state index >= 15 is 0 Å². The molecule has 4 N–H and O–H groups in total. The molecule has 1 aromatic rings. The lowest BCUT2D eigenvalue weighted by Crippen LogP contribution is -2.36. The van der Waals surface area contributed by atoms with Gasteiger partial charge in [0.15, 0.2) is 0 Å². The first-order chi connectivity index (χ1) is 8.81. The number of rotatable bonds is 6. The van der Waals surface area contributed by atoms with Crippen molar-refractivity contribution in [1.82, 2.24) is 4.90 Å². The molecular formula is C14H23N3O2. The summed E-state index contributed by atoms with van der Waals surface area (Å²) in [5, 5.41) is 12.5. The van der Waals surface area contributed by atoms with Crippen molar-refractivity contribution < 1.29 is 9.90 Å². The van der Waals surface area contributed by atoms with Gasteiger partial charge in [-0.1, -0.05) is 13.8 Å². The van der Waals surface area contributed by atoms with Crippen LogP contribution in [0.5, 0.6) is 0 Å². The largest absolute Gasteiger partial charge is 0.478 e. The Morgan fingerprint density at radius 2 is 2.05 bits per heavy atom. The Balaban J connectivity index is 2.99. The summed E-state index contributed by atoms with van der Waals surface area (Å²) < 4.78 is 0. The maximum absolute atomic E-state index is 11.2. The van der Waals surface area contributed by atoms with E-state index in [1.807, 2.05) is 14.1 Å². The van der Waals surface area contributed by atoms with E-state index in [9.17, 15) is 9.90 Å². The Morgan fingerprint density at radius 1 is 1.42 bits per heavy atom. The van der Waals surface area contributed by atoms with Gasteiger partial charge in [0.05, 0.1) is 5.56 Å². The molecule has 0 aliphatic carbocycles. The normalized spacial score (nSPS) is 12.7. The third-order valence-corrected chi connectivity index (χ3v) is 2.98. The number of anilines is 2. The lowest BCUT2D eigenvalue weighted by molar-refractivity contribution is 0.0698. The van der Waals surface area contributed by atoms with Gasteiger partial charge in [-0.15, -0.1) is 0 Å². The summed E-state index contributed by atoms with van der Waals surface area (Å²) in [6, 6.07) is 5.10. The van der Waals surface area contributed by atoms with Gasteiger partial charge in [0.25, 0.3) is 0 Å². The van der Waals surface area contributed by atoms with Crippen molar-refractivity contribution in [1.29, 1.82) is 0 Å². The van der Waals surface area contributed by atoms with Crippen LogP contribution < -0.4 is 11.1 Å². The Bertz CT molecular complexity index is 444. The van der Waals surface area contributed by atoms with Gasteiger partial charge >= 0.3 is 5.97 Å². The van der Waals surface area contributed by atoms with Gasteiger partial charge in [-0.25, -0.2) is 4.79 Å². The molecular weight excluding hydrogens is 242 g/mol. The maximum Gasteiger partial charge on any atom is 0.337 e. The smallest absolute Gasteiger partial charge is 0.337 e. The van der Waals surface area contributed by atoms with Crippen molar-refractivity contribution in [2.45, 2.75) is 19.9 Å². The van der Waals surface area contributed by atoms with E-state index in [0.717, 1.165) is 6.54 Å². The summed E-state index contributed by atoms with van der Waals surface area (Å²) in [4.78, 5) is 13.3. The standard InChI is InChI=1S/C14H23N3O2/c1-9(2)13(8-17(3)4)16-12-6-5-10(15)7-11(12)14(18)19/h5-7,9,13,16H,8,15H2,1-4H3,(H,18,19). The van der Waals surface area contributed by atoms with E-state index in [0.29, 0.717) is 17.3 Å². The molecule has 0 aromatic heterocycles. The molecule has 0 bridgehead atoms. The number of benzene rings is 1. The molecule has 0 aliphatic rings. The average Bonchev–Trinajstić information content (AvgIpc) is 2.29. The first-order valence-electron chi connectivity index (χ1n) is 6.35. The van der Waals surface area contributed by atoms with Gasteiger partial charge in [0, 0.05) is 24.0 Å². The highest BCUT2D eigenvalue weighted by Crippen LogP contribution is 2.21. The van der Waals surface area contributed by atoms with Crippen LogP contribution in [-0.2, 0) is 0 Å². The first kappa shape index (κ1) is 15.3. The highest BCUT2D eigenvalue weighted by molar-refractivity contribution is 5.95. The molecule has 0 saturated heterocycles. The summed E-state index contributed by atoms with van der Waals surface area (Å²) in [6.45, 7) is 5.05. The number of aromatic carboxylic acids is 1. The lowest BCUT2D eigenvalue weighted by Gasteiger charge is -2.27. The van der Waals surface area contributed by atoms with Crippen LogP contribution in [0.2, 0.25) is 0 Å². The van der Waals surface area contributed by atoms with Gasteiger partial charge in [0.2, 0.25) is 0 Å². The number of likely N-dealkylation sites (N-methyl/N-ethyl adjacent to an activating group) is 1. The molecule has 0 heterocycles. The Kier molecular flexibility index (Phi) is 5.18. The van der Waals surface area contributed by atoms with Crippen LogP contribution in [0.25, 0.3) is 0 Å². The summed E-state index contributed by atoms with van der Waals surface area (Å²) in [7, 11) is 4.00. The minimum atomic E-state index is -0.970. The molecule has 1 atom stereocenters. The number of nitrogen functional groups attached to an aromatic ring is 1. The fraction of sp³-hybridized carbons (Fsp3) is 0.500. The highest BCUT2D eigenvalue weighted by atomic mass is 16.4. The number of carbonyl (C=O) groups is 1. The summed E-state index contributed by atoms with van der Waals surface area (Å²) in [6.07, 6.45) is 0. The van der Waals surface area contributed by atoms with Crippen LogP contribution >= 0.6 is 0 Å². The number of nitrogens with zero attached hydrogens (tertiary/aromatic N) is 1. The van der Waals surface area contributed by atoms with Crippen LogP contribution in [0.4, 0.5) is 11.4 Å². The van der Waals surface area contributed by atoms with Crippen molar-refractivity contribution in [3.8, 4) is 0 Å². The topological polar surface area (TPSA) is 78.6 Å². The molecule has 19 heavy (non-hydrogen) atoms. The van der Waals surface area contributed by atoms with Crippen molar-refractivity contribution in [2.24, 2.45) is 5.92 Å². The van der Waals surface area contributed by atoms with Crippen molar-refractivity contribution in [3.63, 3.8) is 0 Å². The van der Waals surface area contributed by atoms with Crippen molar-refractivity contribution >= 4 is 17.3 Å². The fourth-order valence-corrected chi connectivity index (χ4v) is 1.88.